The Bertz CT molecular complexity index is 1210. The summed E-state index contributed by atoms with van der Waals surface area (Å²) in [4.78, 5) is 26.9. The highest BCUT2D eigenvalue weighted by molar-refractivity contribution is 6.04. The van der Waals surface area contributed by atoms with Gasteiger partial charge in [-0.05, 0) is 61.4 Å². The molecule has 0 saturated heterocycles. The zero-order chi connectivity index (χ0) is 25.1. The van der Waals surface area contributed by atoms with Crippen molar-refractivity contribution in [3.63, 3.8) is 0 Å². The minimum atomic E-state index is -0.448. The number of nitrogens with one attached hydrogen (secondary N) is 1. The van der Waals surface area contributed by atoms with Gasteiger partial charge in [-0.25, -0.2) is 4.79 Å². The lowest BCUT2D eigenvalue weighted by atomic mass is 9.71. The highest BCUT2D eigenvalue weighted by Gasteiger charge is 2.41. The van der Waals surface area contributed by atoms with E-state index in [0.29, 0.717) is 42.1 Å². The molecule has 1 N–H and O–H groups in total. The summed E-state index contributed by atoms with van der Waals surface area (Å²) < 4.78 is 16.4. The summed E-state index contributed by atoms with van der Waals surface area (Å²) in [7, 11) is 3.21. The van der Waals surface area contributed by atoms with Gasteiger partial charge < -0.3 is 19.5 Å². The number of carbonyl (C=O) groups excluding carboxylic acids is 2. The number of carbonyl (C=O) groups is 2. The van der Waals surface area contributed by atoms with Crippen LogP contribution in [0, 0.1) is 6.92 Å². The van der Waals surface area contributed by atoms with E-state index in [2.05, 4.69) is 5.32 Å². The first-order valence-corrected chi connectivity index (χ1v) is 12.1. The number of Topliss-reactive ketones (excluding diaryl/α,β-unsaturated/α-hetero) is 1. The molecule has 0 amide bonds. The molecule has 35 heavy (non-hydrogen) atoms. The van der Waals surface area contributed by atoms with E-state index < -0.39 is 5.92 Å². The van der Waals surface area contributed by atoms with Gasteiger partial charge >= 0.3 is 5.97 Å². The van der Waals surface area contributed by atoms with E-state index in [1.807, 2.05) is 63.2 Å². The van der Waals surface area contributed by atoms with Crippen LogP contribution in [0.15, 0.2) is 65.0 Å². The van der Waals surface area contributed by atoms with Crippen molar-refractivity contribution in [3.8, 4) is 11.5 Å². The van der Waals surface area contributed by atoms with E-state index in [9.17, 15) is 9.59 Å². The summed E-state index contributed by atoms with van der Waals surface area (Å²) >= 11 is 0. The van der Waals surface area contributed by atoms with Gasteiger partial charge in [0, 0.05) is 29.3 Å². The third-order valence-electron chi connectivity index (χ3n) is 6.86. The second kappa shape index (κ2) is 10.4. The average molecular weight is 476 g/mol. The van der Waals surface area contributed by atoms with Crippen LogP contribution in [-0.4, -0.2) is 32.6 Å². The fourth-order valence-corrected chi connectivity index (χ4v) is 5.15. The van der Waals surface area contributed by atoms with E-state index in [1.54, 1.807) is 14.2 Å². The van der Waals surface area contributed by atoms with Crippen LogP contribution in [0.4, 0.5) is 0 Å². The molecular formula is C29H33NO5. The van der Waals surface area contributed by atoms with Gasteiger partial charge in [0.25, 0.3) is 0 Å². The van der Waals surface area contributed by atoms with Gasteiger partial charge in [-0.15, -0.1) is 0 Å². The van der Waals surface area contributed by atoms with Crippen molar-refractivity contribution in [1.82, 2.24) is 5.32 Å². The Kier molecular flexibility index (Phi) is 7.29. The molecule has 1 aliphatic heterocycles. The summed E-state index contributed by atoms with van der Waals surface area (Å²) in [5.74, 6) is 0.515. The van der Waals surface area contributed by atoms with Crippen LogP contribution in [0.2, 0.25) is 0 Å². The van der Waals surface area contributed by atoms with Crippen molar-refractivity contribution < 1.29 is 23.8 Å². The molecule has 4 rings (SSSR count). The Morgan fingerprint density at radius 2 is 1.77 bits per heavy atom. The number of hydrogen-bond donors (Lipinski definition) is 1. The third-order valence-corrected chi connectivity index (χ3v) is 6.86. The average Bonchev–Trinajstić information content (AvgIpc) is 2.86. The fourth-order valence-electron chi connectivity index (χ4n) is 5.15. The van der Waals surface area contributed by atoms with Gasteiger partial charge in [-0.1, -0.05) is 37.3 Å². The predicted octanol–water partition coefficient (Wildman–Crippen LogP) is 5.33. The highest BCUT2D eigenvalue weighted by atomic mass is 16.5. The monoisotopic (exact) mass is 475 g/mol. The van der Waals surface area contributed by atoms with Crippen molar-refractivity contribution in [3.05, 3.63) is 81.7 Å². The van der Waals surface area contributed by atoms with Gasteiger partial charge in [-0.2, -0.15) is 0 Å². The van der Waals surface area contributed by atoms with Crippen LogP contribution in [0.5, 0.6) is 11.5 Å². The second-order valence-corrected chi connectivity index (χ2v) is 9.12. The topological polar surface area (TPSA) is 73.9 Å². The molecule has 1 heterocycles. The van der Waals surface area contributed by atoms with Gasteiger partial charge in [0.15, 0.2) is 17.3 Å². The number of ether oxygens (including phenoxy) is 3. The summed E-state index contributed by atoms with van der Waals surface area (Å²) in [6.07, 6.45) is 1.75. The molecule has 6 heteroatoms. The van der Waals surface area contributed by atoms with Crippen LogP contribution in [0.3, 0.4) is 0 Å². The van der Waals surface area contributed by atoms with Gasteiger partial charge in [0.05, 0.1) is 26.4 Å². The van der Waals surface area contributed by atoms with Crippen LogP contribution < -0.4 is 14.8 Å². The normalized spacial score (nSPS) is 19.7. The van der Waals surface area contributed by atoms with Gasteiger partial charge in [0.2, 0.25) is 0 Å². The molecule has 0 aromatic heterocycles. The van der Waals surface area contributed by atoms with Gasteiger partial charge in [0.1, 0.15) is 0 Å². The molecule has 1 aliphatic carbocycles. The minimum absolute atomic E-state index is 0.00697. The molecule has 184 valence electrons. The first-order chi connectivity index (χ1) is 16.9. The van der Waals surface area contributed by atoms with Crippen molar-refractivity contribution in [2.45, 2.75) is 51.9 Å². The number of benzene rings is 2. The predicted molar refractivity (Wildman–Crippen MR) is 135 cm³/mol. The molecule has 2 aliphatic rings. The van der Waals surface area contributed by atoms with Crippen LogP contribution in [-0.2, 0) is 14.3 Å². The number of dihydropyridines is 1. The lowest BCUT2D eigenvalue weighted by Gasteiger charge is -2.37. The van der Waals surface area contributed by atoms with E-state index in [0.717, 1.165) is 34.5 Å². The lowest BCUT2D eigenvalue weighted by molar-refractivity contribution is -0.139. The fraction of sp³-hybridized carbons (Fsp3) is 0.379. The number of aryl methyl sites for hydroxylation is 1. The maximum Gasteiger partial charge on any atom is 0.336 e. The van der Waals surface area contributed by atoms with E-state index in [1.165, 1.54) is 0 Å². The largest absolute Gasteiger partial charge is 0.493 e. The number of methoxy groups -OCH3 is 2. The Morgan fingerprint density at radius 1 is 1.03 bits per heavy atom. The van der Waals surface area contributed by atoms with Crippen molar-refractivity contribution in [1.29, 1.82) is 0 Å². The SMILES string of the molecule is CCCOC(=O)C1=C(C)NC2=C(C(=O)C[C@H](c3ccc(OC)c(OC)c3)C2)[C@H]1c1ccccc1C. The maximum atomic E-state index is 13.7. The molecule has 2 aromatic carbocycles. The first-order valence-electron chi connectivity index (χ1n) is 12.1. The third kappa shape index (κ3) is 4.70. The van der Waals surface area contributed by atoms with Crippen molar-refractivity contribution >= 4 is 11.8 Å². The minimum Gasteiger partial charge on any atom is -0.493 e. The molecular weight excluding hydrogens is 442 g/mol. The zero-order valence-corrected chi connectivity index (χ0v) is 21.1. The first kappa shape index (κ1) is 24.6. The second-order valence-electron chi connectivity index (χ2n) is 9.12. The molecule has 0 fully saturated rings. The Morgan fingerprint density at radius 3 is 2.46 bits per heavy atom. The van der Waals surface area contributed by atoms with Crippen molar-refractivity contribution in [2.24, 2.45) is 0 Å². The molecule has 0 unspecified atom stereocenters. The molecule has 2 aromatic rings. The van der Waals surface area contributed by atoms with E-state index >= 15 is 0 Å². The van der Waals surface area contributed by atoms with E-state index in [4.69, 9.17) is 14.2 Å². The highest BCUT2D eigenvalue weighted by Crippen LogP contribution is 2.47. The van der Waals surface area contributed by atoms with E-state index in [-0.39, 0.29) is 17.7 Å². The molecule has 2 atom stereocenters. The Labute approximate surface area is 207 Å². The lowest BCUT2D eigenvalue weighted by Crippen LogP contribution is -2.36. The molecule has 0 bridgehead atoms. The van der Waals surface area contributed by atoms with Crippen LogP contribution >= 0.6 is 0 Å². The molecule has 0 radical (unpaired) electrons. The summed E-state index contributed by atoms with van der Waals surface area (Å²) in [5.41, 5.74) is 5.82. The molecule has 6 nitrogen and oxygen atoms in total. The summed E-state index contributed by atoms with van der Waals surface area (Å²) in [6, 6.07) is 13.7. The Hall–Kier alpha value is -3.54. The standard InChI is InChI=1S/C29H33NO5/c1-6-13-35-29(32)26-18(3)30-22-14-20(19-11-12-24(33-4)25(16-19)34-5)15-23(31)28(22)27(26)21-10-8-7-9-17(21)2/h7-12,16,20,27,30H,6,13-15H2,1-5H3/t20-,27+/m1/s1. The number of allylic oxidation sites excluding steroid dienone is 3. The summed E-state index contributed by atoms with van der Waals surface area (Å²) in [5, 5.41) is 3.41. The maximum absolute atomic E-state index is 13.7. The number of hydrogen-bond acceptors (Lipinski definition) is 6. The molecule has 0 spiro atoms. The van der Waals surface area contributed by atoms with Crippen LogP contribution in [0.25, 0.3) is 0 Å². The number of rotatable bonds is 7. The zero-order valence-electron chi connectivity index (χ0n) is 21.1. The number of ketones is 1. The van der Waals surface area contributed by atoms with Gasteiger partial charge in [-0.3, -0.25) is 4.79 Å². The smallest absolute Gasteiger partial charge is 0.336 e. The van der Waals surface area contributed by atoms with Crippen LogP contribution in [0.1, 0.15) is 61.6 Å². The number of esters is 1. The summed E-state index contributed by atoms with van der Waals surface area (Å²) in [6.45, 7) is 6.22. The molecule has 0 saturated carbocycles. The Balaban J connectivity index is 1.77. The van der Waals surface area contributed by atoms with Crippen molar-refractivity contribution in [2.75, 3.05) is 20.8 Å². The quantitative estimate of drug-likeness (QED) is 0.546.